The van der Waals surface area contributed by atoms with Crippen molar-refractivity contribution in [2.45, 2.75) is 30.7 Å². The van der Waals surface area contributed by atoms with Crippen LogP contribution in [0.1, 0.15) is 19.8 Å². The van der Waals surface area contributed by atoms with E-state index in [1.165, 1.54) is 0 Å². The SMILES string of the molecule is CCS(=O)(=O)C1CSCCN1CC1(N)CC1. The Morgan fingerprint density at radius 1 is 1.50 bits per heavy atom. The van der Waals surface area contributed by atoms with Gasteiger partial charge >= 0.3 is 0 Å². The van der Waals surface area contributed by atoms with E-state index in [0.29, 0.717) is 5.75 Å². The lowest BCUT2D eigenvalue weighted by Gasteiger charge is -2.36. The number of thioether (sulfide) groups is 1. The molecule has 1 saturated carbocycles. The van der Waals surface area contributed by atoms with Gasteiger partial charge in [0.2, 0.25) is 0 Å². The van der Waals surface area contributed by atoms with Gasteiger partial charge in [-0.05, 0) is 12.8 Å². The maximum absolute atomic E-state index is 12.0. The summed E-state index contributed by atoms with van der Waals surface area (Å²) in [5.74, 6) is 1.95. The third-order valence-electron chi connectivity index (χ3n) is 3.42. The molecule has 2 aliphatic rings. The first-order valence-corrected chi connectivity index (χ1v) is 8.66. The molecule has 6 heteroatoms. The van der Waals surface area contributed by atoms with Crippen LogP contribution in [-0.4, -0.2) is 54.6 Å². The van der Waals surface area contributed by atoms with E-state index in [1.54, 1.807) is 18.7 Å². The summed E-state index contributed by atoms with van der Waals surface area (Å²) in [6.45, 7) is 3.33. The highest BCUT2D eigenvalue weighted by atomic mass is 32.2. The predicted molar refractivity (Wildman–Crippen MR) is 68.3 cm³/mol. The van der Waals surface area contributed by atoms with Crippen molar-refractivity contribution in [2.75, 3.05) is 30.3 Å². The summed E-state index contributed by atoms with van der Waals surface area (Å²) in [4.78, 5) is 2.09. The average Bonchev–Trinajstić information content (AvgIpc) is 2.97. The zero-order valence-electron chi connectivity index (χ0n) is 9.68. The van der Waals surface area contributed by atoms with Gasteiger partial charge in [-0.1, -0.05) is 6.92 Å². The Kier molecular flexibility index (Phi) is 3.55. The third-order valence-corrected chi connectivity index (χ3v) is 6.75. The van der Waals surface area contributed by atoms with Crippen LogP contribution in [0.25, 0.3) is 0 Å². The zero-order chi connectivity index (χ0) is 11.8. The van der Waals surface area contributed by atoms with Crippen LogP contribution < -0.4 is 5.73 Å². The summed E-state index contributed by atoms with van der Waals surface area (Å²) in [6, 6.07) is 0. The standard InChI is InChI=1S/C10H20N2O2S2/c1-2-16(13,14)9-7-15-6-5-12(9)8-10(11)3-4-10/h9H,2-8,11H2,1H3. The molecule has 0 aromatic heterocycles. The first-order valence-electron chi connectivity index (χ1n) is 5.79. The van der Waals surface area contributed by atoms with Gasteiger partial charge in [-0.25, -0.2) is 8.42 Å². The van der Waals surface area contributed by atoms with Crippen LogP contribution in [0.2, 0.25) is 0 Å². The zero-order valence-corrected chi connectivity index (χ0v) is 11.3. The quantitative estimate of drug-likeness (QED) is 0.790. The molecule has 0 radical (unpaired) electrons. The molecular weight excluding hydrogens is 244 g/mol. The topological polar surface area (TPSA) is 63.4 Å². The highest BCUT2D eigenvalue weighted by Crippen LogP contribution is 2.35. The first-order chi connectivity index (χ1) is 7.47. The molecule has 1 heterocycles. The molecular formula is C10H20N2O2S2. The molecule has 2 fully saturated rings. The molecule has 94 valence electrons. The Hall–Kier alpha value is 0.220. The largest absolute Gasteiger partial charge is 0.324 e. The second kappa shape index (κ2) is 4.48. The molecule has 0 aromatic carbocycles. The van der Waals surface area contributed by atoms with Crippen molar-refractivity contribution in [3.05, 3.63) is 0 Å². The fraction of sp³-hybridized carbons (Fsp3) is 1.00. The molecule has 1 aliphatic heterocycles. The summed E-state index contributed by atoms with van der Waals surface area (Å²) < 4.78 is 24.0. The number of sulfone groups is 1. The Morgan fingerprint density at radius 2 is 2.19 bits per heavy atom. The number of nitrogens with zero attached hydrogens (tertiary/aromatic N) is 1. The maximum atomic E-state index is 12.0. The second-order valence-corrected chi connectivity index (χ2v) is 8.41. The van der Waals surface area contributed by atoms with Gasteiger partial charge in [0.1, 0.15) is 5.37 Å². The van der Waals surface area contributed by atoms with Crippen LogP contribution in [0.4, 0.5) is 0 Å². The van der Waals surface area contributed by atoms with Gasteiger partial charge in [-0.15, -0.1) is 0 Å². The van der Waals surface area contributed by atoms with Crippen LogP contribution in [-0.2, 0) is 9.84 Å². The van der Waals surface area contributed by atoms with Gasteiger partial charge in [0.15, 0.2) is 9.84 Å². The molecule has 1 atom stereocenters. The van der Waals surface area contributed by atoms with Gasteiger partial charge in [0.25, 0.3) is 0 Å². The van der Waals surface area contributed by atoms with Crippen molar-refractivity contribution in [1.29, 1.82) is 0 Å². The number of hydrogen-bond acceptors (Lipinski definition) is 5. The van der Waals surface area contributed by atoms with Crippen molar-refractivity contribution in [3.63, 3.8) is 0 Å². The minimum atomic E-state index is -2.97. The monoisotopic (exact) mass is 264 g/mol. The number of hydrogen-bond donors (Lipinski definition) is 1. The van der Waals surface area contributed by atoms with Crippen molar-refractivity contribution >= 4 is 21.6 Å². The Labute approximate surface area is 102 Å². The number of nitrogens with two attached hydrogens (primary N) is 1. The third kappa shape index (κ3) is 2.72. The summed E-state index contributed by atoms with van der Waals surface area (Å²) in [5, 5.41) is -0.308. The van der Waals surface area contributed by atoms with Crippen LogP contribution >= 0.6 is 11.8 Å². The lowest BCUT2D eigenvalue weighted by atomic mass is 10.2. The lowest BCUT2D eigenvalue weighted by Crippen LogP contribution is -2.52. The van der Waals surface area contributed by atoms with E-state index in [1.807, 2.05) is 0 Å². The molecule has 0 spiro atoms. The van der Waals surface area contributed by atoms with E-state index in [2.05, 4.69) is 4.90 Å². The van der Waals surface area contributed by atoms with E-state index in [-0.39, 0.29) is 16.7 Å². The summed E-state index contributed by atoms with van der Waals surface area (Å²) in [7, 11) is -2.97. The Morgan fingerprint density at radius 3 is 2.75 bits per heavy atom. The fourth-order valence-corrected chi connectivity index (χ4v) is 5.12. The minimum absolute atomic E-state index is 0.0937. The predicted octanol–water partition coefficient (Wildman–Crippen LogP) is 0.287. The van der Waals surface area contributed by atoms with Gasteiger partial charge in [0, 0.05) is 35.9 Å². The Balaban J connectivity index is 2.08. The van der Waals surface area contributed by atoms with Crippen LogP contribution in [0, 0.1) is 0 Å². The lowest BCUT2D eigenvalue weighted by molar-refractivity contribution is 0.246. The molecule has 0 bridgehead atoms. The van der Waals surface area contributed by atoms with Crippen LogP contribution in [0.15, 0.2) is 0 Å². The molecule has 4 nitrogen and oxygen atoms in total. The van der Waals surface area contributed by atoms with Gasteiger partial charge < -0.3 is 5.73 Å². The molecule has 0 amide bonds. The molecule has 2 N–H and O–H groups in total. The van der Waals surface area contributed by atoms with E-state index in [4.69, 9.17) is 5.73 Å². The molecule has 1 saturated heterocycles. The second-order valence-electron chi connectivity index (χ2n) is 4.81. The number of rotatable bonds is 4. The Bertz CT molecular complexity index is 352. The first kappa shape index (κ1) is 12.7. The highest BCUT2D eigenvalue weighted by molar-refractivity contribution is 8.01. The van der Waals surface area contributed by atoms with E-state index >= 15 is 0 Å². The summed E-state index contributed by atoms with van der Waals surface area (Å²) in [6.07, 6.45) is 2.07. The van der Waals surface area contributed by atoms with Crippen molar-refractivity contribution in [3.8, 4) is 0 Å². The molecule has 0 aromatic rings. The van der Waals surface area contributed by atoms with Crippen LogP contribution in [0.3, 0.4) is 0 Å². The molecule has 16 heavy (non-hydrogen) atoms. The maximum Gasteiger partial charge on any atom is 0.166 e. The fourth-order valence-electron chi connectivity index (χ4n) is 2.04. The molecule has 2 rings (SSSR count). The smallest absolute Gasteiger partial charge is 0.166 e. The van der Waals surface area contributed by atoms with Crippen molar-refractivity contribution in [1.82, 2.24) is 4.90 Å². The summed E-state index contributed by atoms with van der Waals surface area (Å²) in [5.41, 5.74) is 5.99. The van der Waals surface area contributed by atoms with Gasteiger partial charge in [-0.2, -0.15) is 11.8 Å². The van der Waals surface area contributed by atoms with Crippen molar-refractivity contribution < 1.29 is 8.42 Å². The molecule has 1 unspecified atom stereocenters. The van der Waals surface area contributed by atoms with Gasteiger partial charge in [-0.3, -0.25) is 4.90 Å². The van der Waals surface area contributed by atoms with Gasteiger partial charge in [0.05, 0.1) is 0 Å². The normalized spacial score (nSPS) is 30.2. The van der Waals surface area contributed by atoms with Crippen molar-refractivity contribution in [2.24, 2.45) is 5.73 Å². The minimum Gasteiger partial charge on any atom is -0.324 e. The highest BCUT2D eigenvalue weighted by Gasteiger charge is 2.43. The van der Waals surface area contributed by atoms with E-state index in [0.717, 1.165) is 31.7 Å². The van der Waals surface area contributed by atoms with Crippen LogP contribution in [0.5, 0.6) is 0 Å². The molecule has 1 aliphatic carbocycles. The van der Waals surface area contributed by atoms with E-state index < -0.39 is 9.84 Å². The average molecular weight is 264 g/mol. The summed E-state index contributed by atoms with van der Waals surface area (Å²) >= 11 is 1.73. The van der Waals surface area contributed by atoms with E-state index in [9.17, 15) is 8.42 Å².